The molecule has 7 heteroatoms. The van der Waals surface area contributed by atoms with E-state index in [1.807, 2.05) is 43.0 Å². The summed E-state index contributed by atoms with van der Waals surface area (Å²) in [5.41, 5.74) is 3.06. The lowest BCUT2D eigenvalue weighted by atomic mass is 10.1. The van der Waals surface area contributed by atoms with E-state index in [-0.39, 0.29) is 17.9 Å². The first-order valence-corrected chi connectivity index (χ1v) is 9.21. The summed E-state index contributed by atoms with van der Waals surface area (Å²) < 4.78 is 5.33. The average Bonchev–Trinajstić information content (AvgIpc) is 2.67. The normalized spacial score (nSPS) is 14.3. The second-order valence-corrected chi connectivity index (χ2v) is 6.84. The zero-order chi connectivity index (χ0) is 19.4. The fourth-order valence-electron chi connectivity index (χ4n) is 3.13. The van der Waals surface area contributed by atoms with Gasteiger partial charge in [-0.25, -0.2) is 4.98 Å². The Labute approximate surface area is 159 Å². The first kappa shape index (κ1) is 19.1. The smallest absolute Gasteiger partial charge is 0.255 e. The molecular formula is C20H26N4O3. The Hall–Kier alpha value is -2.67. The lowest BCUT2D eigenvalue weighted by molar-refractivity contribution is -0.118. The maximum absolute atomic E-state index is 12.5. The zero-order valence-electron chi connectivity index (χ0n) is 16.1. The zero-order valence-corrected chi connectivity index (χ0v) is 16.1. The Kier molecular flexibility index (Phi) is 5.91. The van der Waals surface area contributed by atoms with E-state index < -0.39 is 0 Å². The minimum absolute atomic E-state index is 0.0325. The van der Waals surface area contributed by atoms with Crippen molar-refractivity contribution in [1.82, 2.24) is 9.97 Å². The SMILES string of the molecule is Cc1ccc(N(C)C(=O)CCc2c(C)nc(N3CCOCC3)[nH]c2=O)cc1. The predicted molar refractivity (Wildman–Crippen MR) is 106 cm³/mol. The van der Waals surface area contributed by atoms with Crippen LogP contribution in [-0.4, -0.2) is 49.2 Å². The first-order chi connectivity index (χ1) is 13.0. The Morgan fingerprint density at radius 3 is 2.52 bits per heavy atom. The standard InChI is InChI=1S/C20H26N4O3/c1-14-4-6-16(7-5-14)23(3)18(25)9-8-17-15(2)21-20(22-19(17)26)24-10-12-27-13-11-24/h4-7H,8-13H2,1-3H3,(H,21,22,26). The van der Waals surface area contributed by atoms with Gasteiger partial charge in [-0.2, -0.15) is 0 Å². The van der Waals surface area contributed by atoms with Gasteiger partial charge in [0.05, 0.1) is 13.2 Å². The highest BCUT2D eigenvalue weighted by Gasteiger charge is 2.18. The van der Waals surface area contributed by atoms with Gasteiger partial charge >= 0.3 is 0 Å². The molecule has 2 heterocycles. The van der Waals surface area contributed by atoms with Crippen LogP contribution in [0.15, 0.2) is 29.1 Å². The molecule has 1 saturated heterocycles. The number of nitrogens with one attached hydrogen (secondary N) is 1. The lowest BCUT2D eigenvalue weighted by Crippen LogP contribution is -2.38. The van der Waals surface area contributed by atoms with Crippen LogP contribution in [-0.2, 0) is 16.0 Å². The number of hydrogen-bond acceptors (Lipinski definition) is 5. The molecule has 1 aliphatic heterocycles. The van der Waals surface area contributed by atoms with Gasteiger partial charge in [0.15, 0.2) is 0 Å². The summed E-state index contributed by atoms with van der Waals surface area (Å²) in [7, 11) is 1.75. The van der Waals surface area contributed by atoms with Crippen molar-refractivity contribution in [1.29, 1.82) is 0 Å². The molecule has 0 aliphatic carbocycles. The van der Waals surface area contributed by atoms with Gasteiger partial charge in [0.1, 0.15) is 0 Å². The van der Waals surface area contributed by atoms with Gasteiger partial charge in [0.25, 0.3) is 5.56 Å². The summed E-state index contributed by atoms with van der Waals surface area (Å²) in [5.74, 6) is 0.544. The second-order valence-electron chi connectivity index (χ2n) is 6.84. The number of carbonyl (C=O) groups is 1. The second kappa shape index (κ2) is 8.35. The molecule has 0 unspecified atom stereocenters. The highest BCUT2D eigenvalue weighted by molar-refractivity contribution is 5.92. The number of H-pyrrole nitrogens is 1. The van der Waals surface area contributed by atoms with E-state index in [4.69, 9.17) is 4.74 Å². The fraction of sp³-hybridized carbons (Fsp3) is 0.450. The van der Waals surface area contributed by atoms with Gasteiger partial charge in [0.2, 0.25) is 11.9 Å². The number of anilines is 2. The fourth-order valence-corrected chi connectivity index (χ4v) is 3.13. The summed E-state index contributed by atoms with van der Waals surface area (Å²) in [5, 5.41) is 0. The van der Waals surface area contributed by atoms with E-state index in [1.54, 1.807) is 11.9 Å². The lowest BCUT2D eigenvalue weighted by Gasteiger charge is -2.27. The molecule has 1 aliphatic rings. The minimum Gasteiger partial charge on any atom is -0.378 e. The van der Waals surface area contributed by atoms with Crippen molar-refractivity contribution in [3.8, 4) is 0 Å². The third-order valence-electron chi connectivity index (χ3n) is 4.90. The van der Waals surface area contributed by atoms with Crippen LogP contribution < -0.4 is 15.4 Å². The van der Waals surface area contributed by atoms with Crippen LogP contribution in [0, 0.1) is 13.8 Å². The summed E-state index contributed by atoms with van der Waals surface area (Å²) >= 11 is 0. The van der Waals surface area contributed by atoms with Crippen LogP contribution in [0.25, 0.3) is 0 Å². The van der Waals surface area contributed by atoms with Gasteiger partial charge in [-0.05, 0) is 32.4 Å². The topological polar surface area (TPSA) is 78.5 Å². The average molecular weight is 370 g/mol. The van der Waals surface area contributed by atoms with E-state index in [0.29, 0.717) is 49.9 Å². The molecule has 0 bridgehead atoms. The molecule has 0 spiro atoms. The highest BCUT2D eigenvalue weighted by atomic mass is 16.5. The number of carbonyl (C=O) groups excluding carboxylic acids is 1. The Morgan fingerprint density at radius 1 is 1.22 bits per heavy atom. The van der Waals surface area contributed by atoms with Crippen molar-refractivity contribution in [2.24, 2.45) is 0 Å². The van der Waals surface area contributed by atoms with E-state index >= 15 is 0 Å². The van der Waals surface area contributed by atoms with Crippen LogP contribution in [0.3, 0.4) is 0 Å². The van der Waals surface area contributed by atoms with Crippen LogP contribution >= 0.6 is 0 Å². The van der Waals surface area contributed by atoms with Gasteiger partial charge in [-0.15, -0.1) is 0 Å². The predicted octanol–water partition coefficient (Wildman–Crippen LogP) is 1.82. The van der Waals surface area contributed by atoms with Crippen LogP contribution in [0.4, 0.5) is 11.6 Å². The maximum atomic E-state index is 12.5. The molecule has 1 aromatic heterocycles. The monoisotopic (exact) mass is 370 g/mol. The highest BCUT2D eigenvalue weighted by Crippen LogP contribution is 2.16. The van der Waals surface area contributed by atoms with Crippen molar-refractivity contribution in [3.05, 3.63) is 51.4 Å². The Balaban J connectivity index is 1.67. The molecule has 7 nitrogen and oxygen atoms in total. The first-order valence-electron chi connectivity index (χ1n) is 9.21. The third-order valence-corrected chi connectivity index (χ3v) is 4.90. The summed E-state index contributed by atoms with van der Waals surface area (Å²) in [6, 6.07) is 7.79. The van der Waals surface area contributed by atoms with Gasteiger partial charge in [-0.1, -0.05) is 17.7 Å². The number of ether oxygens (including phenoxy) is 1. The number of morpholine rings is 1. The minimum atomic E-state index is -0.171. The Bertz CT molecular complexity index is 855. The molecule has 0 atom stereocenters. The van der Waals surface area contributed by atoms with Crippen molar-refractivity contribution < 1.29 is 9.53 Å². The van der Waals surface area contributed by atoms with E-state index in [1.165, 1.54) is 0 Å². The molecular weight excluding hydrogens is 344 g/mol. The number of aromatic amines is 1. The van der Waals surface area contributed by atoms with E-state index in [0.717, 1.165) is 11.3 Å². The van der Waals surface area contributed by atoms with Gasteiger partial charge in [0, 0.05) is 43.5 Å². The third kappa shape index (κ3) is 4.54. The van der Waals surface area contributed by atoms with Gasteiger partial charge < -0.3 is 14.5 Å². The summed E-state index contributed by atoms with van der Waals surface area (Å²) in [6.07, 6.45) is 0.624. The van der Waals surface area contributed by atoms with Crippen LogP contribution in [0.5, 0.6) is 0 Å². The molecule has 27 heavy (non-hydrogen) atoms. The summed E-state index contributed by atoms with van der Waals surface area (Å²) in [4.78, 5) is 36.1. The van der Waals surface area contributed by atoms with Crippen molar-refractivity contribution in [3.63, 3.8) is 0 Å². The molecule has 1 amide bonds. The molecule has 1 aromatic carbocycles. The van der Waals surface area contributed by atoms with Crippen LogP contribution in [0.2, 0.25) is 0 Å². The molecule has 1 fully saturated rings. The number of nitrogens with zero attached hydrogens (tertiary/aromatic N) is 3. The number of amides is 1. The molecule has 0 radical (unpaired) electrons. The number of rotatable bonds is 5. The summed E-state index contributed by atoms with van der Waals surface area (Å²) in [6.45, 7) is 6.51. The molecule has 0 saturated carbocycles. The molecule has 3 rings (SSSR count). The Morgan fingerprint density at radius 2 is 1.89 bits per heavy atom. The van der Waals surface area contributed by atoms with Crippen molar-refractivity contribution >= 4 is 17.5 Å². The molecule has 2 aromatic rings. The van der Waals surface area contributed by atoms with Gasteiger partial charge in [-0.3, -0.25) is 14.6 Å². The van der Waals surface area contributed by atoms with E-state index in [2.05, 4.69) is 9.97 Å². The van der Waals surface area contributed by atoms with Crippen molar-refractivity contribution in [2.45, 2.75) is 26.7 Å². The quantitative estimate of drug-likeness (QED) is 0.869. The number of aryl methyl sites for hydroxylation is 2. The number of hydrogen-bond donors (Lipinski definition) is 1. The maximum Gasteiger partial charge on any atom is 0.255 e. The van der Waals surface area contributed by atoms with Crippen LogP contribution in [0.1, 0.15) is 23.2 Å². The van der Waals surface area contributed by atoms with Crippen molar-refractivity contribution in [2.75, 3.05) is 43.2 Å². The molecule has 144 valence electrons. The number of benzene rings is 1. The largest absolute Gasteiger partial charge is 0.378 e. The molecule has 1 N–H and O–H groups in total. The van der Waals surface area contributed by atoms with E-state index in [9.17, 15) is 9.59 Å². The number of aromatic nitrogens is 2.